The molecule has 0 bridgehead atoms. The second kappa shape index (κ2) is 9.37. The molecule has 36 heavy (non-hydrogen) atoms. The third-order valence-corrected chi connectivity index (χ3v) is 6.45. The van der Waals surface area contributed by atoms with E-state index in [9.17, 15) is 9.90 Å². The maximum absolute atomic E-state index is 12.7. The molecule has 1 amide bonds. The predicted octanol–water partition coefficient (Wildman–Crippen LogP) is 3.44. The highest BCUT2D eigenvalue weighted by Gasteiger charge is 2.19. The van der Waals surface area contributed by atoms with Crippen LogP contribution in [0.1, 0.15) is 15.9 Å². The fourth-order valence-electron chi connectivity index (χ4n) is 4.40. The number of hydrogen-bond donors (Lipinski definition) is 2. The zero-order chi connectivity index (χ0) is 24.5. The van der Waals surface area contributed by atoms with Gasteiger partial charge in [0.25, 0.3) is 5.91 Å². The number of rotatable bonds is 5. The molecule has 1 saturated heterocycles. The average molecular weight is 481 g/mol. The number of morpholine rings is 1. The van der Waals surface area contributed by atoms with Gasteiger partial charge < -0.3 is 14.7 Å². The largest absolute Gasteiger partial charge is 0.392 e. The van der Waals surface area contributed by atoms with Gasteiger partial charge in [-0.25, -0.2) is 4.68 Å². The number of fused-ring (bicyclic) bond motifs is 1. The van der Waals surface area contributed by atoms with Gasteiger partial charge in [-0.2, -0.15) is 5.10 Å². The fraction of sp³-hybridized carbons (Fsp3) is 0.185. The lowest BCUT2D eigenvalue weighted by Crippen LogP contribution is -2.40. The quantitative estimate of drug-likeness (QED) is 0.399. The third kappa shape index (κ3) is 4.15. The topological polar surface area (TPSA) is 109 Å². The van der Waals surface area contributed by atoms with Gasteiger partial charge in [0.1, 0.15) is 11.4 Å². The summed E-state index contributed by atoms with van der Waals surface area (Å²) >= 11 is 0. The molecule has 3 heterocycles. The van der Waals surface area contributed by atoms with Gasteiger partial charge in [0, 0.05) is 24.0 Å². The monoisotopic (exact) mass is 480 g/mol. The normalized spacial score (nSPS) is 13.9. The minimum atomic E-state index is 0.0100. The van der Waals surface area contributed by atoms with Gasteiger partial charge in [-0.3, -0.25) is 9.89 Å². The van der Waals surface area contributed by atoms with Crippen molar-refractivity contribution in [3.05, 3.63) is 84.1 Å². The summed E-state index contributed by atoms with van der Waals surface area (Å²) in [6.07, 6.45) is 1.83. The first-order valence-electron chi connectivity index (χ1n) is 11.8. The second-order valence-corrected chi connectivity index (χ2v) is 8.69. The minimum Gasteiger partial charge on any atom is -0.392 e. The van der Waals surface area contributed by atoms with E-state index in [1.54, 1.807) is 4.68 Å². The highest BCUT2D eigenvalue weighted by Crippen LogP contribution is 2.29. The number of nitrogens with one attached hydrogen (secondary N) is 1. The number of hydrogen-bond acceptors (Lipinski definition) is 6. The molecule has 0 radical (unpaired) electrons. The Bertz CT molecular complexity index is 1520. The van der Waals surface area contributed by atoms with Crippen molar-refractivity contribution in [3.63, 3.8) is 0 Å². The summed E-state index contributed by atoms with van der Waals surface area (Å²) < 4.78 is 7.01. The van der Waals surface area contributed by atoms with Crippen LogP contribution in [0.3, 0.4) is 0 Å². The van der Waals surface area contributed by atoms with Crippen molar-refractivity contribution < 1.29 is 14.6 Å². The Kier molecular flexibility index (Phi) is 5.76. The van der Waals surface area contributed by atoms with Crippen LogP contribution in [0, 0.1) is 0 Å². The first-order chi connectivity index (χ1) is 17.7. The lowest BCUT2D eigenvalue weighted by atomic mass is 10.0. The number of aliphatic hydroxyl groups is 1. The third-order valence-electron chi connectivity index (χ3n) is 6.45. The van der Waals surface area contributed by atoms with Crippen LogP contribution >= 0.6 is 0 Å². The van der Waals surface area contributed by atoms with E-state index in [1.807, 2.05) is 71.8 Å². The summed E-state index contributed by atoms with van der Waals surface area (Å²) in [4.78, 5) is 14.5. The predicted molar refractivity (Wildman–Crippen MR) is 135 cm³/mol. The number of aromatic amines is 1. The van der Waals surface area contributed by atoms with Gasteiger partial charge >= 0.3 is 0 Å². The van der Waals surface area contributed by atoms with E-state index in [1.165, 1.54) is 0 Å². The smallest absolute Gasteiger partial charge is 0.254 e. The Labute approximate surface area is 206 Å². The van der Waals surface area contributed by atoms with Gasteiger partial charge in [0.2, 0.25) is 0 Å². The molecule has 3 aromatic carbocycles. The van der Waals surface area contributed by atoms with Gasteiger partial charge in [-0.05, 0) is 53.1 Å². The number of benzene rings is 3. The van der Waals surface area contributed by atoms with E-state index < -0.39 is 0 Å². The van der Waals surface area contributed by atoms with E-state index >= 15 is 0 Å². The van der Waals surface area contributed by atoms with Gasteiger partial charge in [0.15, 0.2) is 0 Å². The molecule has 1 fully saturated rings. The van der Waals surface area contributed by atoms with Crippen LogP contribution in [0.5, 0.6) is 0 Å². The number of H-pyrrole nitrogens is 1. The summed E-state index contributed by atoms with van der Waals surface area (Å²) in [7, 11) is 0. The molecule has 0 saturated carbocycles. The number of carbonyl (C=O) groups is 1. The maximum Gasteiger partial charge on any atom is 0.254 e. The molecule has 1 aliphatic rings. The van der Waals surface area contributed by atoms with E-state index in [0.717, 1.165) is 39.0 Å². The van der Waals surface area contributed by atoms with Crippen LogP contribution in [-0.4, -0.2) is 67.4 Å². The number of carbonyl (C=O) groups excluding carboxylic acids is 1. The average Bonchev–Trinajstić information content (AvgIpc) is 3.60. The Hall–Kier alpha value is -4.34. The van der Waals surface area contributed by atoms with E-state index in [-0.39, 0.29) is 12.5 Å². The number of aliphatic hydroxyl groups excluding tert-OH is 1. The molecular formula is C27H24N6O3. The van der Waals surface area contributed by atoms with Crippen molar-refractivity contribution in [2.24, 2.45) is 0 Å². The van der Waals surface area contributed by atoms with E-state index in [0.29, 0.717) is 37.6 Å². The van der Waals surface area contributed by atoms with Crippen molar-refractivity contribution in [3.8, 4) is 28.2 Å². The fourth-order valence-corrected chi connectivity index (χ4v) is 4.40. The first-order valence-corrected chi connectivity index (χ1v) is 11.8. The first kappa shape index (κ1) is 22.1. The molecule has 9 heteroatoms. The zero-order valence-electron chi connectivity index (χ0n) is 19.5. The summed E-state index contributed by atoms with van der Waals surface area (Å²) in [6, 6.07) is 21.3. The van der Waals surface area contributed by atoms with Crippen LogP contribution in [0.15, 0.2) is 72.9 Å². The van der Waals surface area contributed by atoms with Crippen molar-refractivity contribution in [2.45, 2.75) is 6.61 Å². The van der Waals surface area contributed by atoms with Crippen LogP contribution < -0.4 is 0 Å². The Morgan fingerprint density at radius 2 is 1.72 bits per heavy atom. The second-order valence-electron chi connectivity index (χ2n) is 8.69. The molecular weight excluding hydrogens is 456 g/mol. The van der Waals surface area contributed by atoms with Crippen LogP contribution in [0.25, 0.3) is 39.1 Å². The van der Waals surface area contributed by atoms with Crippen LogP contribution in [0.4, 0.5) is 0 Å². The highest BCUT2D eigenvalue weighted by atomic mass is 16.5. The minimum absolute atomic E-state index is 0.0100. The van der Waals surface area contributed by atoms with Crippen molar-refractivity contribution in [2.75, 3.05) is 26.3 Å². The number of aromatic nitrogens is 5. The highest BCUT2D eigenvalue weighted by molar-refractivity contribution is 5.95. The summed E-state index contributed by atoms with van der Waals surface area (Å²) in [5.74, 6) is 0.0100. The SMILES string of the molecule is O=C(c1ccc(-n2cc(-c3n[nH]c4cc(-c5ccc(CO)cc5)ccc34)nn2)cc1)N1CCOCC1. The molecule has 0 spiro atoms. The molecule has 0 atom stereocenters. The summed E-state index contributed by atoms with van der Waals surface area (Å²) in [5.41, 5.74) is 6.71. The van der Waals surface area contributed by atoms with Crippen molar-refractivity contribution in [1.29, 1.82) is 0 Å². The van der Waals surface area contributed by atoms with E-state index in [2.05, 4.69) is 26.6 Å². The summed E-state index contributed by atoms with van der Waals surface area (Å²) in [6.45, 7) is 2.41. The molecule has 180 valence electrons. The van der Waals surface area contributed by atoms with Crippen molar-refractivity contribution in [1.82, 2.24) is 30.1 Å². The Balaban J connectivity index is 1.23. The molecule has 2 aromatic heterocycles. The molecule has 1 aliphatic heterocycles. The van der Waals surface area contributed by atoms with Gasteiger partial charge in [-0.15, -0.1) is 5.10 Å². The molecule has 6 rings (SSSR count). The lowest BCUT2D eigenvalue weighted by Gasteiger charge is -2.26. The van der Waals surface area contributed by atoms with Gasteiger partial charge in [-0.1, -0.05) is 35.5 Å². The number of nitrogens with zero attached hydrogens (tertiary/aromatic N) is 5. The van der Waals surface area contributed by atoms with Crippen LogP contribution in [0.2, 0.25) is 0 Å². The molecule has 2 N–H and O–H groups in total. The van der Waals surface area contributed by atoms with Gasteiger partial charge in [0.05, 0.1) is 37.2 Å². The maximum atomic E-state index is 12.7. The molecule has 0 aliphatic carbocycles. The number of amides is 1. The molecule has 0 unspecified atom stereocenters. The van der Waals surface area contributed by atoms with Crippen molar-refractivity contribution >= 4 is 16.8 Å². The van der Waals surface area contributed by atoms with E-state index in [4.69, 9.17) is 4.74 Å². The molecule has 9 nitrogen and oxygen atoms in total. The number of ether oxygens (including phenoxy) is 1. The zero-order valence-corrected chi connectivity index (χ0v) is 19.5. The molecule has 5 aromatic rings. The van der Waals surface area contributed by atoms with Crippen LogP contribution in [-0.2, 0) is 11.3 Å². The lowest BCUT2D eigenvalue weighted by molar-refractivity contribution is 0.0303. The Morgan fingerprint density at radius 3 is 2.47 bits per heavy atom. The summed E-state index contributed by atoms with van der Waals surface area (Å²) in [5, 5.41) is 26.4. The Morgan fingerprint density at radius 1 is 0.972 bits per heavy atom. The standard InChI is InChI=1S/C27H24N6O3/c34-17-18-1-3-19(4-2-18)21-7-10-23-24(15-21)28-30-26(23)25-16-33(31-29-25)22-8-5-20(6-9-22)27(35)32-11-13-36-14-12-32/h1-10,15-16,34H,11-14,17H2,(H,28,30).